The number of nitroso groups, excluding NO2 is 1. The van der Waals surface area contributed by atoms with Crippen molar-refractivity contribution in [1.29, 1.82) is 0 Å². The van der Waals surface area contributed by atoms with Crippen molar-refractivity contribution in [2.24, 2.45) is 5.18 Å². The number of fused-ring (bicyclic) bond motifs is 1. The van der Waals surface area contributed by atoms with E-state index in [2.05, 4.69) is 15.5 Å². The third kappa shape index (κ3) is 2.38. The predicted octanol–water partition coefficient (Wildman–Crippen LogP) is 3.36. The van der Waals surface area contributed by atoms with Crippen molar-refractivity contribution in [3.63, 3.8) is 0 Å². The topological polar surface area (TPSA) is 75.8 Å². The van der Waals surface area contributed by atoms with Gasteiger partial charge >= 0.3 is 0 Å². The van der Waals surface area contributed by atoms with Crippen LogP contribution in [0.5, 0.6) is 0 Å². The lowest BCUT2D eigenvalue weighted by molar-refractivity contribution is -0.114. The Morgan fingerprint density at radius 3 is 2.62 bits per heavy atom. The van der Waals surface area contributed by atoms with Gasteiger partial charge in [-0.2, -0.15) is 0 Å². The van der Waals surface area contributed by atoms with E-state index in [0.29, 0.717) is 17.0 Å². The third-order valence-corrected chi connectivity index (χ3v) is 3.07. The summed E-state index contributed by atoms with van der Waals surface area (Å²) < 4.78 is 1.64. The SMILES string of the molecule is CC(=O)Nc1ccc(-c2nc3ccccn3c2N=O)cc1. The third-order valence-electron chi connectivity index (χ3n) is 3.07. The van der Waals surface area contributed by atoms with Gasteiger partial charge in [-0.1, -0.05) is 18.2 Å². The molecule has 1 N–H and O–H groups in total. The zero-order valence-corrected chi connectivity index (χ0v) is 11.3. The van der Waals surface area contributed by atoms with Crippen molar-refractivity contribution < 1.29 is 4.79 Å². The molecule has 1 amide bonds. The van der Waals surface area contributed by atoms with Crippen molar-refractivity contribution in [1.82, 2.24) is 9.38 Å². The molecule has 21 heavy (non-hydrogen) atoms. The van der Waals surface area contributed by atoms with Crippen LogP contribution in [0.1, 0.15) is 6.92 Å². The summed E-state index contributed by atoms with van der Waals surface area (Å²) in [4.78, 5) is 26.5. The van der Waals surface area contributed by atoms with Gasteiger partial charge in [-0.05, 0) is 29.4 Å². The number of benzene rings is 1. The van der Waals surface area contributed by atoms with E-state index in [0.717, 1.165) is 5.56 Å². The van der Waals surface area contributed by atoms with E-state index in [1.165, 1.54) is 6.92 Å². The van der Waals surface area contributed by atoms with Crippen molar-refractivity contribution in [3.05, 3.63) is 53.6 Å². The monoisotopic (exact) mass is 280 g/mol. The number of hydrogen-bond donors (Lipinski definition) is 1. The number of carbonyl (C=O) groups excluding carboxylic acids is 1. The van der Waals surface area contributed by atoms with Gasteiger partial charge in [0.15, 0.2) is 0 Å². The molecule has 6 heteroatoms. The van der Waals surface area contributed by atoms with Crippen LogP contribution in [0.25, 0.3) is 16.9 Å². The van der Waals surface area contributed by atoms with Gasteiger partial charge in [0.2, 0.25) is 11.7 Å². The summed E-state index contributed by atoms with van der Waals surface area (Å²) in [5.41, 5.74) is 2.64. The Morgan fingerprint density at radius 2 is 1.95 bits per heavy atom. The van der Waals surface area contributed by atoms with Crippen LogP contribution in [-0.4, -0.2) is 15.3 Å². The number of anilines is 1. The summed E-state index contributed by atoms with van der Waals surface area (Å²) in [7, 11) is 0. The Kier molecular flexibility index (Phi) is 3.19. The molecule has 0 saturated carbocycles. The molecule has 0 aliphatic heterocycles. The quantitative estimate of drug-likeness (QED) is 0.747. The number of rotatable bonds is 3. The van der Waals surface area contributed by atoms with E-state index in [4.69, 9.17) is 0 Å². The van der Waals surface area contributed by atoms with Crippen molar-refractivity contribution in [2.75, 3.05) is 5.32 Å². The van der Waals surface area contributed by atoms with E-state index in [-0.39, 0.29) is 11.7 Å². The molecule has 0 aliphatic rings. The zero-order chi connectivity index (χ0) is 14.8. The summed E-state index contributed by atoms with van der Waals surface area (Å²) in [5, 5.41) is 5.78. The van der Waals surface area contributed by atoms with Gasteiger partial charge in [0.25, 0.3) is 0 Å². The molecule has 3 rings (SSSR count). The largest absolute Gasteiger partial charge is 0.326 e. The highest BCUT2D eigenvalue weighted by Gasteiger charge is 2.14. The molecule has 2 aromatic heterocycles. The minimum absolute atomic E-state index is 0.134. The number of carbonyl (C=O) groups is 1. The van der Waals surface area contributed by atoms with Crippen molar-refractivity contribution in [2.45, 2.75) is 6.92 Å². The van der Waals surface area contributed by atoms with E-state index in [1.807, 2.05) is 18.2 Å². The van der Waals surface area contributed by atoms with Crippen LogP contribution >= 0.6 is 0 Å². The standard InChI is InChI=1S/C15H12N4O2/c1-10(20)16-12-7-5-11(6-8-12)14-15(18-21)19-9-3-2-4-13(19)17-14/h2-9H,1H3,(H,16,20). The second-order valence-corrected chi connectivity index (χ2v) is 4.56. The highest BCUT2D eigenvalue weighted by Crippen LogP contribution is 2.31. The average molecular weight is 280 g/mol. The van der Waals surface area contributed by atoms with E-state index >= 15 is 0 Å². The Morgan fingerprint density at radius 1 is 1.19 bits per heavy atom. The van der Waals surface area contributed by atoms with Gasteiger partial charge in [0.05, 0.1) is 0 Å². The Hall–Kier alpha value is -3.02. The number of amides is 1. The van der Waals surface area contributed by atoms with Gasteiger partial charge < -0.3 is 5.32 Å². The Bertz CT molecular complexity index is 821. The molecule has 0 spiro atoms. The van der Waals surface area contributed by atoms with Crippen molar-refractivity contribution >= 4 is 23.1 Å². The van der Waals surface area contributed by atoms with E-state index in [9.17, 15) is 9.70 Å². The normalized spacial score (nSPS) is 10.5. The van der Waals surface area contributed by atoms with Gasteiger partial charge in [0, 0.05) is 24.4 Å². The lowest BCUT2D eigenvalue weighted by Gasteiger charge is -2.03. The summed E-state index contributed by atoms with van der Waals surface area (Å²) >= 11 is 0. The molecular formula is C15H12N4O2. The number of aromatic nitrogens is 2. The zero-order valence-electron chi connectivity index (χ0n) is 11.3. The van der Waals surface area contributed by atoms with Crippen LogP contribution in [0.3, 0.4) is 0 Å². The minimum atomic E-state index is -0.134. The summed E-state index contributed by atoms with van der Waals surface area (Å²) in [5.74, 6) is 0.128. The van der Waals surface area contributed by atoms with E-state index in [1.54, 1.807) is 34.9 Å². The lowest BCUT2D eigenvalue weighted by atomic mass is 10.1. The fourth-order valence-corrected chi connectivity index (χ4v) is 2.18. The van der Waals surface area contributed by atoms with Crippen LogP contribution in [0.15, 0.2) is 53.8 Å². The molecule has 0 atom stereocenters. The molecule has 104 valence electrons. The van der Waals surface area contributed by atoms with Gasteiger partial charge in [0.1, 0.15) is 11.3 Å². The molecule has 2 heterocycles. The van der Waals surface area contributed by atoms with Crippen LogP contribution in [-0.2, 0) is 4.79 Å². The first-order valence-electron chi connectivity index (χ1n) is 6.37. The fourth-order valence-electron chi connectivity index (χ4n) is 2.18. The van der Waals surface area contributed by atoms with Crippen LogP contribution in [0.2, 0.25) is 0 Å². The summed E-state index contributed by atoms with van der Waals surface area (Å²) in [6.07, 6.45) is 1.74. The van der Waals surface area contributed by atoms with Crippen LogP contribution in [0.4, 0.5) is 11.5 Å². The molecule has 0 unspecified atom stereocenters. The first-order valence-corrected chi connectivity index (χ1v) is 6.37. The highest BCUT2D eigenvalue weighted by molar-refractivity contribution is 5.89. The summed E-state index contributed by atoms with van der Waals surface area (Å²) in [6.45, 7) is 1.45. The van der Waals surface area contributed by atoms with E-state index < -0.39 is 0 Å². The van der Waals surface area contributed by atoms with Crippen molar-refractivity contribution in [3.8, 4) is 11.3 Å². The second kappa shape index (κ2) is 5.16. The van der Waals surface area contributed by atoms with Gasteiger partial charge in [-0.15, -0.1) is 4.91 Å². The molecule has 6 nitrogen and oxygen atoms in total. The first kappa shape index (κ1) is 13.0. The molecular weight excluding hydrogens is 268 g/mol. The molecule has 0 radical (unpaired) electrons. The maximum atomic E-state index is 11.1. The maximum absolute atomic E-state index is 11.1. The lowest BCUT2D eigenvalue weighted by Crippen LogP contribution is -2.05. The van der Waals surface area contributed by atoms with Gasteiger partial charge in [-0.3, -0.25) is 9.20 Å². The maximum Gasteiger partial charge on any atom is 0.221 e. The number of hydrogen-bond acceptors (Lipinski definition) is 4. The Labute approximate surface area is 120 Å². The number of nitrogens with zero attached hydrogens (tertiary/aromatic N) is 3. The smallest absolute Gasteiger partial charge is 0.221 e. The first-order chi connectivity index (χ1) is 10.2. The highest BCUT2D eigenvalue weighted by atomic mass is 16.3. The molecule has 0 fully saturated rings. The van der Waals surface area contributed by atoms with Crippen LogP contribution in [0, 0.1) is 4.91 Å². The summed E-state index contributed by atoms with van der Waals surface area (Å²) in [6, 6.07) is 12.6. The molecule has 0 bridgehead atoms. The number of pyridine rings is 1. The molecule has 1 aromatic carbocycles. The minimum Gasteiger partial charge on any atom is -0.326 e. The molecule has 0 aliphatic carbocycles. The number of nitrogens with one attached hydrogen (secondary N) is 1. The Balaban J connectivity index is 2.07. The predicted molar refractivity (Wildman–Crippen MR) is 80.4 cm³/mol. The molecule has 3 aromatic rings. The average Bonchev–Trinajstić information content (AvgIpc) is 2.86. The van der Waals surface area contributed by atoms with Crippen LogP contribution < -0.4 is 5.32 Å². The van der Waals surface area contributed by atoms with Gasteiger partial charge in [-0.25, -0.2) is 4.98 Å². The fraction of sp³-hybridized carbons (Fsp3) is 0.0667. The number of imidazole rings is 1. The second-order valence-electron chi connectivity index (χ2n) is 4.56. The molecule has 0 saturated heterocycles.